The molecule has 3 nitrogen and oxygen atoms in total. The number of nitrogens with zero attached hydrogens (tertiary/aromatic N) is 1. The largest absolute Gasteiger partial charge is 1.00 e. The molecule has 0 aromatic heterocycles. The van der Waals surface area contributed by atoms with Crippen molar-refractivity contribution >= 4 is 17.5 Å². The number of benzene rings is 1. The van der Waals surface area contributed by atoms with Gasteiger partial charge in [0.15, 0.2) is 0 Å². The molecule has 0 atom stereocenters. The fourth-order valence-corrected chi connectivity index (χ4v) is 1.79. The average Bonchev–Trinajstić information content (AvgIpc) is 2.49. The summed E-state index contributed by atoms with van der Waals surface area (Å²) in [6.45, 7) is 4.59. The van der Waals surface area contributed by atoms with E-state index in [1.54, 1.807) is 0 Å². The summed E-state index contributed by atoms with van der Waals surface area (Å²) in [6.07, 6.45) is 0. The second-order valence-electron chi connectivity index (χ2n) is 4.59. The summed E-state index contributed by atoms with van der Waals surface area (Å²) in [4.78, 5) is 17.3. The van der Waals surface area contributed by atoms with E-state index in [0.717, 1.165) is 5.56 Å². The summed E-state index contributed by atoms with van der Waals surface area (Å²) in [5, 5.41) is 2.05. The standard InChI is InChI=1S/C12H14ClNO2.Na.H/c1-12(2)8-16-14(11(12)15)7-9-5-3-4-6-10(9)13;;/h3-6H,7-8H2,1-2H3;;/q;+1;-1. The van der Waals surface area contributed by atoms with Crippen molar-refractivity contribution < 1.29 is 40.6 Å². The predicted molar refractivity (Wildman–Crippen MR) is 62.8 cm³/mol. The van der Waals surface area contributed by atoms with Crippen LogP contribution in [0.5, 0.6) is 0 Å². The Balaban J connectivity index is 0.00000144. The van der Waals surface area contributed by atoms with E-state index < -0.39 is 5.41 Å². The summed E-state index contributed by atoms with van der Waals surface area (Å²) in [7, 11) is 0. The molecule has 1 aromatic carbocycles. The molecule has 0 spiro atoms. The van der Waals surface area contributed by atoms with Crippen LogP contribution in [0.4, 0.5) is 0 Å². The SMILES string of the molecule is CC1(C)CON(Cc2ccccc2Cl)C1=O.[H-].[Na+]. The number of amides is 1. The Labute approximate surface area is 130 Å². The normalized spacial score (nSPS) is 18.1. The molecule has 0 radical (unpaired) electrons. The third-order valence-corrected chi connectivity index (χ3v) is 3.03. The number of hydroxylamine groups is 2. The number of hydrogen-bond donors (Lipinski definition) is 0. The maximum atomic E-state index is 11.9. The van der Waals surface area contributed by atoms with Gasteiger partial charge in [-0.3, -0.25) is 9.63 Å². The van der Waals surface area contributed by atoms with Crippen molar-refractivity contribution in [3.63, 3.8) is 0 Å². The van der Waals surface area contributed by atoms with Crippen LogP contribution in [0, 0.1) is 5.41 Å². The van der Waals surface area contributed by atoms with Crippen molar-refractivity contribution in [3.05, 3.63) is 34.9 Å². The van der Waals surface area contributed by atoms with E-state index in [1.807, 2.05) is 38.1 Å². The van der Waals surface area contributed by atoms with Gasteiger partial charge in [-0.1, -0.05) is 29.8 Å². The van der Waals surface area contributed by atoms with Gasteiger partial charge in [-0.25, -0.2) is 5.06 Å². The zero-order chi connectivity index (χ0) is 11.8. The molecule has 2 rings (SSSR count). The Kier molecular flexibility index (Phi) is 5.05. The fraction of sp³-hybridized carbons (Fsp3) is 0.417. The minimum absolute atomic E-state index is 0. The monoisotopic (exact) mass is 263 g/mol. The molecule has 1 aliphatic rings. The molecular weight excluding hydrogens is 249 g/mol. The molecular formula is C12H15ClNNaO2. The van der Waals surface area contributed by atoms with Crippen LogP contribution in [0.2, 0.25) is 5.02 Å². The Morgan fingerprint density at radius 2 is 2.12 bits per heavy atom. The first-order valence-electron chi connectivity index (χ1n) is 5.19. The van der Waals surface area contributed by atoms with Gasteiger partial charge in [0.1, 0.15) is 0 Å². The third-order valence-electron chi connectivity index (χ3n) is 2.66. The van der Waals surface area contributed by atoms with Gasteiger partial charge in [0.2, 0.25) is 0 Å². The zero-order valence-electron chi connectivity index (χ0n) is 11.4. The number of hydrogen-bond acceptors (Lipinski definition) is 2. The van der Waals surface area contributed by atoms with Gasteiger partial charge in [0.25, 0.3) is 5.91 Å². The Hall–Kier alpha value is -0.0600. The van der Waals surface area contributed by atoms with Gasteiger partial charge >= 0.3 is 29.6 Å². The maximum absolute atomic E-state index is 11.9. The summed E-state index contributed by atoms with van der Waals surface area (Å²) < 4.78 is 0. The van der Waals surface area contributed by atoms with Crippen LogP contribution >= 0.6 is 11.6 Å². The number of carbonyl (C=O) groups excluding carboxylic acids is 1. The molecule has 1 aromatic rings. The molecule has 1 heterocycles. The Bertz CT molecular complexity index is 428. The molecule has 0 aliphatic carbocycles. The van der Waals surface area contributed by atoms with Crippen LogP contribution in [0.3, 0.4) is 0 Å². The van der Waals surface area contributed by atoms with E-state index in [0.29, 0.717) is 18.2 Å². The molecule has 0 unspecified atom stereocenters. The fourth-order valence-electron chi connectivity index (χ4n) is 1.60. The van der Waals surface area contributed by atoms with E-state index in [4.69, 9.17) is 16.4 Å². The maximum Gasteiger partial charge on any atom is 1.00 e. The van der Waals surface area contributed by atoms with Crippen molar-refractivity contribution in [2.45, 2.75) is 20.4 Å². The van der Waals surface area contributed by atoms with E-state index in [9.17, 15) is 4.79 Å². The molecule has 1 saturated heterocycles. The van der Waals surface area contributed by atoms with Gasteiger partial charge in [-0.2, -0.15) is 0 Å². The van der Waals surface area contributed by atoms with Crippen molar-refractivity contribution in [2.75, 3.05) is 6.61 Å². The van der Waals surface area contributed by atoms with Crippen LogP contribution in [-0.4, -0.2) is 17.6 Å². The van der Waals surface area contributed by atoms with Gasteiger partial charge in [-0.15, -0.1) is 0 Å². The topological polar surface area (TPSA) is 29.5 Å². The van der Waals surface area contributed by atoms with Crippen LogP contribution in [0.15, 0.2) is 24.3 Å². The second-order valence-corrected chi connectivity index (χ2v) is 5.00. The van der Waals surface area contributed by atoms with Crippen molar-refractivity contribution in [3.8, 4) is 0 Å². The van der Waals surface area contributed by atoms with Crippen LogP contribution < -0.4 is 29.6 Å². The number of rotatable bonds is 2. The van der Waals surface area contributed by atoms with Gasteiger partial charge < -0.3 is 1.43 Å². The van der Waals surface area contributed by atoms with Crippen LogP contribution in [-0.2, 0) is 16.2 Å². The first-order valence-corrected chi connectivity index (χ1v) is 5.57. The molecule has 1 amide bonds. The summed E-state index contributed by atoms with van der Waals surface area (Å²) in [6, 6.07) is 7.46. The molecule has 1 aliphatic heterocycles. The van der Waals surface area contributed by atoms with E-state index in [-0.39, 0.29) is 36.9 Å². The summed E-state index contributed by atoms with van der Waals surface area (Å²) in [5.74, 6) is 0.00687. The number of carbonyl (C=O) groups is 1. The third kappa shape index (κ3) is 3.24. The zero-order valence-corrected chi connectivity index (χ0v) is 13.1. The quantitative estimate of drug-likeness (QED) is 0.689. The molecule has 0 N–H and O–H groups in total. The average molecular weight is 264 g/mol. The van der Waals surface area contributed by atoms with Gasteiger partial charge in [0, 0.05) is 5.02 Å². The first-order chi connectivity index (χ1) is 7.50. The van der Waals surface area contributed by atoms with Gasteiger partial charge in [-0.05, 0) is 25.5 Å². The predicted octanol–water partition coefficient (Wildman–Crippen LogP) is -0.244. The first kappa shape index (κ1) is 15.0. The molecule has 0 saturated carbocycles. The minimum Gasteiger partial charge on any atom is -1.00 e. The van der Waals surface area contributed by atoms with Crippen LogP contribution in [0.1, 0.15) is 20.8 Å². The molecule has 17 heavy (non-hydrogen) atoms. The van der Waals surface area contributed by atoms with E-state index in [1.165, 1.54) is 5.06 Å². The molecule has 88 valence electrons. The van der Waals surface area contributed by atoms with E-state index in [2.05, 4.69) is 0 Å². The minimum atomic E-state index is -0.429. The Morgan fingerprint density at radius 1 is 1.47 bits per heavy atom. The van der Waals surface area contributed by atoms with Crippen molar-refractivity contribution in [1.29, 1.82) is 0 Å². The molecule has 1 fully saturated rings. The molecule has 0 bridgehead atoms. The van der Waals surface area contributed by atoms with Crippen molar-refractivity contribution in [1.82, 2.24) is 5.06 Å². The summed E-state index contributed by atoms with van der Waals surface area (Å²) in [5.41, 5.74) is 0.469. The number of halogens is 1. The van der Waals surface area contributed by atoms with Crippen LogP contribution in [0.25, 0.3) is 0 Å². The van der Waals surface area contributed by atoms with E-state index >= 15 is 0 Å². The smallest absolute Gasteiger partial charge is 1.00 e. The second kappa shape index (κ2) is 5.72. The molecule has 5 heteroatoms. The Morgan fingerprint density at radius 3 is 2.65 bits per heavy atom. The summed E-state index contributed by atoms with van der Waals surface area (Å²) >= 11 is 6.03. The van der Waals surface area contributed by atoms with Gasteiger partial charge in [0.05, 0.1) is 18.6 Å². The van der Waals surface area contributed by atoms with Crippen molar-refractivity contribution in [2.24, 2.45) is 5.41 Å².